The lowest BCUT2D eigenvalue weighted by Crippen LogP contribution is -2.07. The zero-order chi connectivity index (χ0) is 16.1. The molecule has 114 valence electrons. The second-order valence-electron chi connectivity index (χ2n) is 4.83. The van der Waals surface area contributed by atoms with Crippen LogP contribution >= 0.6 is 0 Å². The van der Waals surface area contributed by atoms with E-state index in [1.807, 2.05) is 6.92 Å². The molecule has 5 heteroatoms. The van der Waals surface area contributed by atoms with E-state index >= 15 is 0 Å². The Morgan fingerprint density at radius 1 is 1.09 bits per heavy atom. The van der Waals surface area contributed by atoms with E-state index in [4.69, 9.17) is 10.5 Å². The highest BCUT2D eigenvalue weighted by Gasteiger charge is 2.06. The maximum atomic E-state index is 11.6. The minimum Gasteiger partial charge on any atom is -0.457 e. The molecule has 0 saturated carbocycles. The summed E-state index contributed by atoms with van der Waals surface area (Å²) in [6.07, 6.45) is 0.474. The van der Waals surface area contributed by atoms with E-state index in [-0.39, 0.29) is 11.7 Å². The predicted molar refractivity (Wildman–Crippen MR) is 86.3 cm³/mol. The smallest absolute Gasteiger partial charge is 0.221 e. The molecule has 2 aromatic rings. The maximum Gasteiger partial charge on any atom is 0.221 e. The minimum absolute atomic E-state index is 0.0930. The average molecular weight is 298 g/mol. The lowest BCUT2D eigenvalue weighted by atomic mass is 10.1. The number of Topliss-reactive ketones (excluding diaryl/α,β-unsaturated/α-hetero) is 1. The molecule has 0 unspecified atom stereocenters. The molecule has 1 amide bonds. The zero-order valence-corrected chi connectivity index (χ0v) is 12.6. The van der Waals surface area contributed by atoms with Gasteiger partial charge in [0.2, 0.25) is 5.91 Å². The Labute approximate surface area is 129 Å². The summed E-state index contributed by atoms with van der Waals surface area (Å²) < 4.78 is 5.68. The summed E-state index contributed by atoms with van der Waals surface area (Å²) in [6.45, 7) is 3.25. The van der Waals surface area contributed by atoms with Gasteiger partial charge < -0.3 is 15.8 Å². The average Bonchev–Trinajstić information content (AvgIpc) is 2.49. The number of carbonyl (C=O) groups excluding carboxylic acids is 2. The summed E-state index contributed by atoms with van der Waals surface area (Å²) in [5, 5.41) is 2.63. The van der Waals surface area contributed by atoms with Crippen LogP contribution in [0.2, 0.25) is 0 Å². The van der Waals surface area contributed by atoms with Crippen LogP contribution in [0, 0.1) is 0 Å². The quantitative estimate of drug-likeness (QED) is 0.652. The molecule has 0 heterocycles. The second kappa shape index (κ2) is 6.76. The first-order valence-electron chi connectivity index (χ1n) is 6.98. The van der Waals surface area contributed by atoms with Crippen LogP contribution in [0.5, 0.6) is 11.5 Å². The Balaban J connectivity index is 2.12. The van der Waals surface area contributed by atoms with Crippen molar-refractivity contribution in [2.24, 2.45) is 0 Å². The molecular formula is C17H18N2O3. The third-order valence-electron chi connectivity index (χ3n) is 3.07. The van der Waals surface area contributed by atoms with E-state index in [1.54, 1.807) is 42.5 Å². The molecule has 0 spiro atoms. The first-order valence-corrected chi connectivity index (χ1v) is 6.98. The molecule has 0 aromatic heterocycles. The number of ketones is 1. The number of amides is 1. The first kappa shape index (κ1) is 15.6. The molecule has 2 rings (SSSR count). The number of anilines is 2. The zero-order valence-electron chi connectivity index (χ0n) is 12.6. The number of rotatable bonds is 5. The van der Waals surface area contributed by atoms with Crippen molar-refractivity contribution in [3.05, 3.63) is 48.0 Å². The molecule has 0 radical (unpaired) electrons. The third kappa shape index (κ3) is 3.85. The lowest BCUT2D eigenvalue weighted by Gasteiger charge is -2.10. The van der Waals surface area contributed by atoms with Crippen LogP contribution < -0.4 is 15.8 Å². The van der Waals surface area contributed by atoms with Gasteiger partial charge in [-0.15, -0.1) is 0 Å². The normalized spacial score (nSPS) is 10.1. The number of ether oxygens (including phenoxy) is 1. The van der Waals surface area contributed by atoms with Crippen LogP contribution in [0.4, 0.5) is 11.4 Å². The number of nitrogen functional groups attached to an aromatic ring is 1. The van der Waals surface area contributed by atoms with E-state index in [1.165, 1.54) is 6.92 Å². The summed E-state index contributed by atoms with van der Waals surface area (Å²) in [6, 6.07) is 12.0. The molecule has 0 fully saturated rings. The van der Waals surface area contributed by atoms with Crippen molar-refractivity contribution in [3.8, 4) is 11.5 Å². The van der Waals surface area contributed by atoms with E-state index < -0.39 is 0 Å². The topological polar surface area (TPSA) is 81.4 Å². The van der Waals surface area contributed by atoms with Gasteiger partial charge in [0.25, 0.3) is 0 Å². The fourth-order valence-corrected chi connectivity index (χ4v) is 1.96. The van der Waals surface area contributed by atoms with Gasteiger partial charge >= 0.3 is 0 Å². The van der Waals surface area contributed by atoms with Gasteiger partial charge in [-0.2, -0.15) is 0 Å². The number of benzene rings is 2. The number of hydrogen-bond donors (Lipinski definition) is 2. The summed E-state index contributed by atoms with van der Waals surface area (Å²) in [7, 11) is 0. The molecule has 3 N–H and O–H groups in total. The van der Waals surface area contributed by atoms with Crippen LogP contribution in [-0.4, -0.2) is 11.7 Å². The summed E-state index contributed by atoms with van der Waals surface area (Å²) >= 11 is 0. The highest BCUT2D eigenvalue weighted by Crippen LogP contribution is 2.28. The van der Waals surface area contributed by atoms with Gasteiger partial charge in [-0.25, -0.2) is 0 Å². The van der Waals surface area contributed by atoms with Gasteiger partial charge in [0.05, 0.1) is 11.4 Å². The molecule has 22 heavy (non-hydrogen) atoms. The third-order valence-corrected chi connectivity index (χ3v) is 3.07. The Morgan fingerprint density at radius 2 is 1.73 bits per heavy atom. The minimum atomic E-state index is -0.184. The van der Waals surface area contributed by atoms with Crippen molar-refractivity contribution in [1.29, 1.82) is 0 Å². The SMILES string of the molecule is CCC(=O)c1ccc(Oc2ccc(NC(C)=O)c(N)c2)cc1. The fraction of sp³-hybridized carbons (Fsp3) is 0.176. The Hall–Kier alpha value is -2.82. The van der Waals surface area contributed by atoms with Crippen LogP contribution in [0.25, 0.3) is 0 Å². The fourth-order valence-electron chi connectivity index (χ4n) is 1.96. The number of nitrogens with one attached hydrogen (secondary N) is 1. The molecule has 0 bridgehead atoms. The van der Waals surface area contributed by atoms with Gasteiger partial charge in [-0.3, -0.25) is 9.59 Å². The standard InChI is InChI=1S/C17H18N2O3/c1-3-17(21)12-4-6-13(7-5-12)22-14-8-9-16(15(18)10-14)19-11(2)20/h4-10H,3,18H2,1-2H3,(H,19,20). The molecule has 0 aliphatic carbocycles. The maximum absolute atomic E-state index is 11.6. The van der Waals surface area contributed by atoms with Gasteiger partial charge in [0.15, 0.2) is 5.78 Å². The Morgan fingerprint density at radius 3 is 2.27 bits per heavy atom. The van der Waals surface area contributed by atoms with Crippen LogP contribution in [-0.2, 0) is 4.79 Å². The highest BCUT2D eigenvalue weighted by molar-refractivity contribution is 5.96. The molecular weight excluding hydrogens is 280 g/mol. The molecule has 0 aliphatic rings. The van der Waals surface area contributed by atoms with Crippen molar-refractivity contribution in [1.82, 2.24) is 0 Å². The van der Waals surface area contributed by atoms with E-state index in [9.17, 15) is 9.59 Å². The molecule has 0 aliphatic heterocycles. The van der Waals surface area contributed by atoms with Crippen molar-refractivity contribution in [2.75, 3.05) is 11.1 Å². The summed E-state index contributed by atoms with van der Waals surface area (Å²) in [4.78, 5) is 22.6. The number of carbonyl (C=O) groups is 2. The first-order chi connectivity index (χ1) is 10.5. The molecule has 0 saturated heterocycles. The second-order valence-corrected chi connectivity index (χ2v) is 4.83. The lowest BCUT2D eigenvalue weighted by molar-refractivity contribution is -0.114. The van der Waals surface area contributed by atoms with Gasteiger partial charge in [0.1, 0.15) is 11.5 Å². The Bertz CT molecular complexity index is 694. The highest BCUT2D eigenvalue weighted by atomic mass is 16.5. The van der Waals surface area contributed by atoms with Gasteiger partial charge in [-0.1, -0.05) is 6.92 Å². The van der Waals surface area contributed by atoms with Crippen molar-refractivity contribution >= 4 is 23.1 Å². The van der Waals surface area contributed by atoms with Gasteiger partial charge in [0, 0.05) is 25.0 Å². The Kier molecular flexibility index (Phi) is 4.78. The van der Waals surface area contributed by atoms with E-state index in [0.717, 1.165) is 0 Å². The van der Waals surface area contributed by atoms with E-state index in [0.29, 0.717) is 34.9 Å². The summed E-state index contributed by atoms with van der Waals surface area (Å²) in [5.74, 6) is 1.08. The predicted octanol–water partition coefficient (Wildman–Crippen LogP) is 3.61. The van der Waals surface area contributed by atoms with Crippen molar-refractivity contribution < 1.29 is 14.3 Å². The monoisotopic (exact) mass is 298 g/mol. The molecule has 2 aromatic carbocycles. The number of nitrogens with two attached hydrogens (primary N) is 1. The van der Waals surface area contributed by atoms with Crippen molar-refractivity contribution in [2.45, 2.75) is 20.3 Å². The van der Waals surface area contributed by atoms with Crippen LogP contribution in [0.15, 0.2) is 42.5 Å². The molecule has 5 nitrogen and oxygen atoms in total. The van der Waals surface area contributed by atoms with Crippen molar-refractivity contribution in [3.63, 3.8) is 0 Å². The van der Waals surface area contributed by atoms with Crippen LogP contribution in [0.3, 0.4) is 0 Å². The van der Waals surface area contributed by atoms with E-state index in [2.05, 4.69) is 5.32 Å². The van der Waals surface area contributed by atoms with Gasteiger partial charge in [-0.05, 0) is 36.4 Å². The largest absolute Gasteiger partial charge is 0.457 e. The number of hydrogen-bond acceptors (Lipinski definition) is 4. The molecule has 0 atom stereocenters. The van der Waals surface area contributed by atoms with Crippen LogP contribution in [0.1, 0.15) is 30.6 Å². The summed E-state index contributed by atoms with van der Waals surface area (Å²) in [5.41, 5.74) is 7.50.